The predicted octanol–water partition coefficient (Wildman–Crippen LogP) is 2.50. The summed E-state index contributed by atoms with van der Waals surface area (Å²) in [6, 6.07) is 4.96. The van der Waals surface area contributed by atoms with Crippen LogP contribution in [0.3, 0.4) is 0 Å². The van der Waals surface area contributed by atoms with E-state index in [0.717, 1.165) is 0 Å². The molecule has 0 aliphatic heterocycles. The molecule has 0 aliphatic rings. The molecule has 1 heterocycles. The van der Waals surface area contributed by atoms with Crippen LogP contribution in [0.5, 0.6) is 6.01 Å². The highest BCUT2D eigenvalue weighted by molar-refractivity contribution is 5.59. The fourth-order valence-corrected chi connectivity index (χ4v) is 1.60. The minimum absolute atomic E-state index is 0.188. The van der Waals surface area contributed by atoms with Gasteiger partial charge in [0, 0.05) is 17.8 Å². The number of anilines is 3. The molecule has 0 spiro atoms. The summed E-state index contributed by atoms with van der Waals surface area (Å²) in [6.07, 6.45) is 0. The van der Waals surface area contributed by atoms with Crippen LogP contribution in [0.25, 0.3) is 0 Å². The Bertz CT molecular complexity index is 605. The first-order valence-electron chi connectivity index (χ1n) is 6.20. The number of nitrogens with one attached hydrogen (secondary N) is 2. The van der Waals surface area contributed by atoms with Gasteiger partial charge in [0.15, 0.2) is 0 Å². The van der Waals surface area contributed by atoms with Crippen LogP contribution < -0.4 is 15.4 Å². The lowest BCUT2D eigenvalue weighted by molar-refractivity contribution is 0.379. The van der Waals surface area contributed by atoms with E-state index in [9.17, 15) is 4.39 Å². The molecule has 0 atom stereocenters. The zero-order chi connectivity index (χ0) is 14.5. The summed E-state index contributed by atoms with van der Waals surface area (Å²) >= 11 is 0. The van der Waals surface area contributed by atoms with Crippen molar-refractivity contribution in [1.82, 2.24) is 15.0 Å². The second-order valence-electron chi connectivity index (χ2n) is 4.04. The summed E-state index contributed by atoms with van der Waals surface area (Å²) in [5.74, 6) is 0.403. The van der Waals surface area contributed by atoms with Crippen LogP contribution in [0.15, 0.2) is 18.2 Å². The van der Waals surface area contributed by atoms with E-state index in [1.54, 1.807) is 19.1 Å². The molecule has 2 N–H and O–H groups in total. The van der Waals surface area contributed by atoms with Crippen molar-refractivity contribution in [2.75, 3.05) is 24.3 Å². The molecule has 20 heavy (non-hydrogen) atoms. The van der Waals surface area contributed by atoms with Crippen molar-refractivity contribution in [2.45, 2.75) is 13.8 Å². The van der Waals surface area contributed by atoms with Gasteiger partial charge in [-0.1, -0.05) is 6.07 Å². The minimum Gasteiger partial charge on any atom is -0.467 e. The Hall–Kier alpha value is -2.44. The smallest absolute Gasteiger partial charge is 0.322 e. The number of hydrogen-bond donors (Lipinski definition) is 2. The molecule has 0 unspecified atom stereocenters. The van der Waals surface area contributed by atoms with Gasteiger partial charge in [-0.3, -0.25) is 0 Å². The SMILES string of the molecule is CCNc1nc(Nc2cccc(F)c2C)nc(OC)n1. The number of nitrogens with zero attached hydrogens (tertiary/aromatic N) is 3. The van der Waals surface area contributed by atoms with Gasteiger partial charge in [-0.25, -0.2) is 4.39 Å². The topological polar surface area (TPSA) is 72.0 Å². The van der Waals surface area contributed by atoms with E-state index >= 15 is 0 Å². The van der Waals surface area contributed by atoms with Crippen LogP contribution in [0.4, 0.5) is 22.0 Å². The Morgan fingerprint density at radius 1 is 1.20 bits per heavy atom. The fraction of sp³-hybridized carbons (Fsp3) is 0.308. The average molecular weight is 277 g/mol. The number of ether oxygens (including phenoxy) is 1. The van der Waals surface area contributed by atoms with Crippen LogP contribution in [-0.4, -0.2) is 28.6 Å². The third kappa shape index (κ3) is 3.11. The number of benzene rings is 1. The van der Waals surface area contributed by atoms with Crippen LogP contribution in [0, 0.1) is 12.7 Å². The van der Waals surface area contributed by atoms with E-state index in [4.69, 9.17) is 4.74 Å². The van der Waals surface area contributed by atoms with Crippen molar-refractivity contribution < 1.29 is 9.13 Å². The Morgan fingerprint density at radius 2 is 1.95 bits per heavy atom. The van der Waals surface area contributed by atoms with E-state index in [2.05, 4.69) is 25.6 Å². The first-order valence-corrected chi connectivity index (χ1v) is 6.20. The standard InChI is InChI=1S/C13H16FN5O/c1-4-15-11-17-12(19-13(18-11)20-3)16-10-7-5-6-9(14)8(10)2/h5-7H,4H2,1-3H3,(H2,15,16,17,18,19). The molecule has 6 nitrogen and oxygen atoms in total. The molecule has 0 aliphatic carbocycles. The van der Waals surface area contributed by atoms with Gasteiger partial charge >= 0.3 is 6.01 Å². The van der Waals surface area contributed by atoms with E-state index in [1.165, 1.54) is 13.2 Å². The van der Waals surface area contributed by atoms with E-state index in [1.807, 2.05) is 6.92 Å². The summed E-state index contributed by atoms with van der Waals surface area (Å²) in [6.45, 7) is 4.28. The maximum Gasteiger partial charge on any atom is 0.322 e. The lowest BCUT2D eigenvalue weighted by Crippen LogP contribution is -2.08. The van der Waals surface area contributed by atoms with Crippen LogP contribution in [0.2, 0.25) is 0 Å². The van der Waals surface area contributed by atoms with Gasteiger partial charge in [-0.2, -0.15) is 15.0 Å². The Balaban J connectivity index is 2.32. The molecule has 0 bridgehead atoms. The molecule has 0 amide bonds. The van der Waals surface area contributed by atoms with Crippen molar-refractivity contribution in [3.05, 3.63) is 29.6 Å². The fourth-order valence-electron chi connectivity index (χ4n) is 1.60. The molecule has 0 radical (unpaired) electrons. The van der Waals surface area contributed by atoms with Crippen LogP contribution in [0.1, 0.15) is 12.5 Å². The van der Waals surface area contributed by atoms with Gasteiger partial charge in [0.1, 0.15) is 5.82 Å². The van der Waals surface area contributed by atoms with Crippen molar-refractivity contribution in [2.24, 2.45) is 0 Å². The highest BCUT2D eigenvalue weighted by Gasteiger charge is 2.09. The van der Waals surface area contributed by atoms with E-state index < -0.39 is 0 Å². The maximum absolute atomic E-state index is 13.5. The Morgan fingerprint density at radius 3 is 2.65 bits per heavy atom. The molecule has 2 aromatic rings. The summed E-state index contributed by atoms with van der Waals surface area (Å²) in [7, 11) is 1.47. The molecular weight excluding hydrogens is 261 g/mol. The van der Waals surface area contributed by atoms with E-state index in [-0.39, 0.29) is 11.8 Å². The van der Waals surface area contributed by atoms with Gasteiger partial charge < -0.3 is 15.4 Å². The first-order chi connectivity index (χ1) is 9.63. The lowest BCUT2D eigenvalue weighted by atomic mass is 10.2. The van der Waals surface area contributed by atoms with E-state index in [0.29, 0.717) is 29.7 Å². The normalized spacial score (nSPS) is 10.2. The van der Waals surface area contributed by atoms with Crippen molar-refractivity contribution >= 4 is 17.6 Å². The zero-order valence-corrected chi connectivity index (χ0v) is 11.6. The number of halogens is 1. The highest BCUT2D eigenvalue weighted by atomic mass is 19.1. The molecule has 1 aromatic carbocycles. The number of aromatic nitrogens is 3. The summed E-state index contributed by atoms with van der Waals surface area (Å²) in [5, 5.41) is 5.94. The van der Waals surface area contributed by atoms with Gasteiger partial charge in [-0.05, 0) is 26.0 Å². The number of methoxy groups -OCH3 is 1. The molecule has 2 rings (SSSR count). The van der Waals surface area contributed by atoms with Crippen molar-refractivity contribution in [3.63, 3.8) is 0 Å². The Kier molecular flexibility index (Phi) is 4.29. The predicted molar refractivity (Wildman–Crippen MR) is 75.0 cm³/mol. The largest absolute Gasteiger partial charge is 0.467 e. The van der Waals surface area contributed by atoms with Crippen molar-refractivity contribution in [1.29, 1.82) is 0 Å². The molecule has 1 aromatic heterocycles. The molecule has 106 valence electrons. The quantitative estimate of drug-likeness (QED) is 0.875. The summed E-state index contributed by atoms with van der Waals surface area (Å²) < 4.78 is 18.5. The van der Waals surface area contributed by atoms with Gasteiger partial charge in [0.25, 0.3) is 0 Å². The van der Waals surface area contributed by atoms with Crippen LogP contribution >= 0.6 is 0 Å². The maximum atomic E-state index is 13.5. The summed E-state index contributed by atoms with van der Waals surface area (Å²) in [4.78, 5) is 12.3. The minimum atomic E-state index is -0.289. The third-order valence-corrected chi connectivity index (χ3v) is 2.65. The lowest BCUT2D eigenvalue weighted by Gasteiger charge is -2.10. The van der Waals surface area contributed by atoms with Gasteiger partial charge in [0.05, 0.1) is 7.11 Å². The molecule has 7 heteroatoms. The number of rotatable bonds is 5. The Labute approximate surface area is 116 Å². The van der Waals surface area contributed by atoms with Gasteiger partial charge in [-0.15, -0.1) is 0 Å². The zero-order valence-electron chi connectivity index (χ0n) is 11.6. The number of hydrogen-bond acceptors (Lipinski definition) is 6. The second-order valence-corrected chi connectivity index (χ2v) is 4.04. The van der Waals surface area contributed by atoms with Gasteiger partial charge in [0.2, 0.25) is 11.9 Å². The second kappa shape index (κ2) is 6.14. The van der Waals surface area contributed by atoms with Crippen LogP contribution in [-0.2, 0) is 0 Å². The summed E-state index contributed by atoms with van der Waals surface area (Å²) in [5.41, 5.74) is 1.09. The molecule has 0 fully saturated rings. The highest BCUT2D eigenvalue weighted by Crippen LogP contribution is 2.21. The molecule has 0 saturated carbocycles. The molecule has 0 saturated heterocycles. The molecular formula is C13H16FN5O. The third-order valence-electron chi connectivity index (χ3n) is 2.65. The monoisotopic (exact) mass is 277 g/mol. The first kappa shape index (κ1) is 14.0. The average Bonchev–Trinajstić information content (AvgIpc) is 2.44. The van der Waals surface area contributed by atoms with Crippen molar-refractivity contribution in [3.8, 4) is 6.01 Å².